The van der Waals surface area contributed by atoms with Crippen LogP contribution < -0.4 is 9.04 Å². The summed E-state index contributed by atoms with van der Waals surface area (Å²) in [4.78, 5) is 13.3. The third-order valence-electron chi connectivity index (χ3n) is 3.94. The fourth-order valence-electron chi connectivity index (χ4n) is 2.59. The van der Waals surface area contributed by atoms with E-state index in [2.05, 4.69) is 15.9 Å². The molecule has 0 aliphatic rings. The highest BCUT2D eigenvalue weighted by Crippen LogP contribution is 2.33. The Morgan fingerprint density at radius 1 is 1.00 bits per heavy atom. The van der Waals surface area contributed by atoms with E-state index in [4.69, 9.17) is 16.3 Å². The van der Waals surface area contributed by atoms with Crippen LogP contribution in [0.5, 0.6) is 5.75 Å². The zero-order valence-corrected chi connectivity index (χ0v) is 17.8. The number of ether oxygens (including phenoxy) is 1. The molecule has 0 radical (unpaired) electrons. The first-order chi connectivity index (χ1) is 13.4. The number of halogens is 2. The lowest BCUT2D eigenvalue weighted by Gasteiger charge is -2.23. The molecular weight excluding hydrogens is 466 g/mol. The molecule has 0 aliphatic carbocycles. The number of rotatable bonds is 5. The van der Waals surface area contributed by atoms with E-state index in [0.29, 0.717) is 10.2 Å². The molecule has 0 unspecified atom stereocenters. The van der Waals surface area contributed by atoms with Gasteiger partial charge in [0.2, 0.25) is 0 Å². The molecule has 144 valence electrons. The van der Waals surface area contributed by atoms with Crippen LogP contribution in [-0.4, -0.2) is 21.4 Å². The van der Waals surface area contributed by atoms with Crippen LogP contribution in [0.25, 0.3) is 0 Å². The third-order valence-corrected chi connectivity index (χ3v) is 6.65. The Labute approximate surface area is 176 Å². The number of carbonyl (C=O) groups is 1. The maximum Gasteiger partial charge on any atom is 0.273 e. The van der Waals surface area contributed by atoms with E-state index in [1.54, 1.807) is 42.5 Å². The molecule has 0 aromatic heterocycles. The highest BCUT2D eigenvalue weighted by Gasteiger charge is 2.33. The minimum Gasteiger partial charge on any atom is -0.495 e. The monoisotopic (exact) mass is 479 g/mol. The van der Waals surface area contributed by atoms with Gasteiger partial charge >= 0.3 is 0 Å². The summed E-state index contributed by atoms with van der Waals surface area (Å²) in [7, 11) is -2.74. The van der Waals surface area contributed by atoms with Gasteiger partial charge in [-0.25, -0.2) is 8.42 Å². The number of methoxy groups -OCH3 is 1. The van der Waals surface area contributed by atoms with Crippen molar-refractivity contribution in [1.29, 1.82) is 0 Å². The summed E-state index contributed by atoms with van der Waals surface area (Å²) >= 11 is 9.49. The minimum absolute atomic E-state index is 0.0117. The number of carbonyl (C=O) groups excluding carboxylic acids is 1. The number of hydrogen-bond acceptors (Lipinski definition) is 4. The zero-order valence-electron chi connectivity index (χ0n) is 14.7. The van der Waals surface area contributed by atoms with Gasteiger partial charge in [0.05, 0.1) is 28.3 Å². The van der Waals surface area contributed by atoms with E-state index in [1.165, 1.54) is 37.4 Å². The molecule has 0 heterocycles. The second kappa shape index (κ2) is 8.34. The molecule has 0 aliphatic heterocycles. The zero-order chi connectivity index (χ0) is 20.3. The van der Waals surface area contributed by atoms with Gasteiger partial charge in [0.25, 0.3) is 15.9 Å². The van der Waals surface area contributed by atoms with Gasteiger partial charge in [0.15, 0.2) is 0 Å². The largest absolute Gasteiger partial charge is 0.495 e. The molecule has 0 atom stereocenters. The molecular formula is C20H15BrClNO4S. The highest BCUT2D eigenvalue weighted by atomic mass is 79.9. The van der Waals surface area contributed by atoms with Crippen LogP contribution in [-0.2, 0) is 10.0 Å². The van der Waals surface area contributed by atoms with Crippen LogP contribution in [0, 0.1) is 0 Å². The van der Waals surface area contributed by atoms with Crippen LogP contribution in [0.3, 0.4) is 0 Å². The highest BCUT2D eigenvalue weighted by molar-refractivity contribution is 9.10. The molecule has 0 saturated carbocycles. The van der Waals surface area contributed by atoms with Gasteiger partial charge in [-0.3, -0.25) is 4.79 Å². The van der Waals surface area contributed by atoms with Gasteiger partial charge in [0.1, 0.15) is 5.75 Å². The molecule has 1 amide bonds. The number of anilines is 1. The molecule has 8 heteroatoms. The topological polar surface area (TPSA) is 63.7 Å². The SMILES string of the molecule is COc1ccc(N(C(=O)c2ccccc2Br)S(=O)(=O)c2ccccc2)cc1Cl. The van der Waals surface area contributed by atoms with E-state index in [-0.39, 0.29) is 21.2 Å². The number of sulfonamides is 1. The van der Waals surface area contributed by atoms with Crippen molar-refractivity contribution < 1.29 is 17.9 Å². The van der Waals surface area contributed by atoms with Crippen LogP contribution in [0.2, 0.25) is 5.02 Å². The van der Waals surface area contributed by atoms with Crippen molar-refractivity contribution in [2.75, 3.05) is 11.4 Å². The Kier molecular flexibility index (Phi) is 6.07. The summed E-state index contributed by atoms with van der Waals surface area (Å²) in [6.07, 6.45) is 0. The maximum atomic E-state index is 13.3. The van der Waals surface area contributed by atoms with Crippen LogP contribution in [0.15, 0.2) is 82.2 Å². The molecule has 28 heavy (non-hydrogen) atoms. The molecule has 0 saturated heterocycles. The summed E-state index contributed by atoms with van der Waals surface area (Å²) < 4.78 is 33.0. The van der Waals surface area contributed by atoms with Gasteiger partial charge in [-0.05, 0) is 58.4 Å². The van der Waals surface area contributed by atoms with Gasteiger partial charge in [-0.15, -0.1) is 0 Å². The van der Waals surface area contributed by atoms with Crippen molar-refractivity contribution in [2.45, 2.75) is 4.90 Å². The summed E-state index contributed by atoms with van der Waals surface area (Å²) in [5.74, 6) is -0.339. The second-order valence-corrected chi connectivity index (χ2v) is 8.73. The Morgan fingerprint density at radius 2 is 1.64 bits per heavy atom. The maximum absolute atomic E-state index is 13.3. The van der Waals surface area contributed by atoms with Gasteiger partial charge in [0, 0.05) is 4.47 Å². The number of nitrogens with zero attached hydrogens (tertiary/aromatic N) is 1. The van der Waals surface area contributed by atoms with E-state index < -0.39 is 15.9 Å². The second-order valence-electron chi connectivity index (χ2n) is 5.69. The first-order valence-electron chi connectivity index (χ1n) is 8.09. The quantitative estimate of drug-likeness (QED) is 0.507. The summed E-state index contributed by atoms with van der Waals surface area (Å²) in [5, 5.41) is 0.188. The number of amides is 1. The molecule has 0 fully saturated rings. The smallest absolute Gasteiger partial charge is 0.273 e. The molecule has 0 N–H and O–H groups in total. The van der Waals surface area contributed by atoms with E-state index >= 15 is 0 Å². The fraction of sp³-hybridized carbons (Fsp3) is 0.0500. The van der Waals surface area contributed by atoms with E-state index in [9.17, 15) is 13.2 Å². The first-order valence-corrected chi connectivity index (χ1v) is 10.7. The minimum atomic E-state index is -4.19. The molecule has 3 rings (SSSR count). The van der Waals surface area contributed by atoms with Crippen molar-refractivity contribution in [3.63, 3.8) is 0 Å². The lowest BCUT2D eigenvalue weighted by molar-refractivity contribution is 0.100. The van der Waals surface area contributed by atoms with Crippen LogP contribution in [0.4, 0.5) is 5.69 Å². The summed E-state index contributed by atoms with van der Waals surface area (Å²) in [5.41, 5.74) is 0.310. The Balaban J connectivity index is 2.21. The average Bonchev–Trinajstić information content (AvgIpc) is 2.69. The average molecular weight is 481 g/mol. The van der Waals surface area contributed by atoms with Crippen molar-refractivity contribution in [2.24, 2.45) is 0 Å². The normalized spacial score (nSPS) is 11.1. The van der Waals surface area contributed by atoms with Crippen molar-refractivity contribution >= 4 is 49.1 Å². The summed E-state index contributed by atoms with van der Waals surface area (Å²) in [6.45, 7) is 0. The Hall–Kier alpha value is -2.35. The molecule has 3 aromatic rings. The van der Waals surface area contributed by atoms with Gasteiger partial charge < -0.3 is 4.74 Å². The molecule has 0 bridgehead atoms. The van der Waals surface area contributed by atoms with Crippen molar-refractivity contribution in [3.05, 3.63) is 87.9 Å². The van der Waals surface area contributed by atoms with E-state index in [0.717, 1.165) is 4.31 Å². The molecule has 3 aromatic carbocycles. The van der Waals surface area contributed by atoms with Crippen LogP contribution >= 0.6 is 27.5 Å². The number of benzene rings is 3. The van der Waals surface area contributed by atoms with Gasteiger partial charge in [-0.1, -0.05) is 41.9 Å². The lowest BCUT2D eigenvalue weighted by Crippen LogP contribution is -2.37. The predicted molar refractivity (Wildman–Crippen MR) is 113 cm³/mol. The van der Waals surface area contributed by atoms with Crippen LogP contribution in [0.1, 0.15) is 10.4 Å². The first kappa shape index (κ1) is 20.4. The Bertz CT molecular complexity index is 1120. The van der Waals surface area contributed by atoms with Crippen molar-refractivity contribution in [3.8, 4) is 5.75 Å². The van der Waals surface area contributed by atoms with Crippen molar-refractivity contribution in [1.82, 2.24) is 0 Å². The summed E-state index contributed by atoms with van der Waals surface area (Å²) in [6, 6.07) is 18.7. The van der Waals surface area contributed by atoms with Gasteiger partial charge in [-0.2, -0.15) is 4.31 Å². The molecule has 0 spiro atoms. The Morgan fingerprint density at radius 3 is 2.25 bits per heavy atom. The predicted octanol–water partition coefficient (Wildman–Crippen LogP) is 5.15. The number of hydrogen-bond donors (Lipinski definition) is 0. The fourth-order valence-corrected chi connectivity index (χ4v) is 4.71. The van der Waals surface area contributed by atoms with E-state index in [1.807, 2.05) is 0 Å². The standard InChI is InChI=1S/C20H15BrClNO4S/c1-27-19-12-11-14(13-18(19)22)23(20(24)16-9-5-6-10-17(16)21)28(25,26)15-7-3-2-4-8-15/h2-13H,1H3. The lowest BCUT2D eigenvalue weighted by atomic mass is 10.2. The molecule has 5 nitrogen and oxygen atoms in total. The third kappa shape index (κ3) is 3.92.